The largest absolute Gasteiger partial charge is 0.309 e. The third-order valence-corrected chi connectivity index (χ3v) is 4.87. The molecule has 1 nitrogen and oxygen atoms in total. The second-order valence-corrected chi connectivity index (χ2v) is 6.46. The molecule has 1 aromatic rings. The lowest BCUT2D eigenvalue weighted by Gasteiger charge is -2.19. The Morgan fingerprint density at radius 2 is 2.24 bits per heavy atom. The van der Waals surface area contributed by atoms with Crippen molar-refractivity contribution in [2.45, 2.75) is 37.1 Å². The minimum Gasteiger partial charge on any atom is -0.309 e. The highest BCUT2D eigenvalue weighted by Gasteiger charge is 2.25. The molecular weight excluding hydrogens is 301 g/mol. The molecule has 17 heavy (non-hydrogen) atoms. The van der Waals surface area contributed by atoms with Gasteiger partial charge in [-0.25, -0.2) is 4.39 Å². The summed E-state index contributed by atoms with van der Waals surface area (Å²) in [7, 11) is 0. The van der Waals surface area contributed by atoms with E-state index in [1.807, 2.05) is 17.8 Å². The average molecular weight is 318 g/mol. The van der Waals surface area contributed by atoms with Gasteiger partial charge in [0.2, 0.25) is 0 Å². The van der Waals surface area contributed by atoms with Crippen molar-refractivity contribution in [2.75, 3.05) is 6.26 Å². The fourth-order valence-corrected chi connectivity index (χ4v) is 3.88. The van der Waals surface area contributed by atoms with E-state index in [4.69, 9.17) is 0 Å². The Morgan fingerprint density at radius 3 is 2.94 bits per heavy atom. The van der Waals surface area contributed by atoms with E-state index >= 15 is 0 Å². The van der Waals surface area contributed by atoms with Crippen LogP contribution in [0.15, 0.2) is 22.7 Å². The second kappa shape index (κ2) is 6.21. The van der Waals surface area contributed by atoms with Crippen molar-refractivity contribution in [2.24, 2.45) is 0 Å². The fraction of sp³-hybridized carbons (Fsp3) is 0.538. The molecule has 1 N–H and O–H groups in total. The first kappa shape index (κ1) is 13.4. The van der Waals surface area contributed by atoms with E-state index in [0.29, 0.717) is 11.3 Å². The van der Waals surface area contributed by atoms with E-state index in [-0.39, 0.29) is 5.82 Å². The molecule has 2 rings (SSSR count). The molecule has 0 saturated heterocycles. The standard InChI is InChI=1S/C13H17BrFNS/c1-17-13-4-2-3-12(13)16-8-9-5-10(14)7-11(15)6-9/h5-7,12-13,16H,2-4,8H2,1H3. The lowest BCUT2D eigenvalue weighted by Crippen LogP contribution is -2.33. The Morgan fingerprint density at radius 1 is 1.41 bits per heavy atom. The average Bonchev–Trinajstić information content (AvgIpc) is 2.72. The number of rotatable bonds is 4. The van der Waals surface area contributed by atoms with Gasteiger partial charge in [-0.15, -0.1) is 0 Å². The summed E-state index contributed by atoms with van der Waals surface area (Å²) in [5.41, 5.74) is 1.00. The van der Waals surface area contributed by atoms with Gasteiger partial charge < -0.3 is 5.32 Å². The van der Waals surface area contributed by atoms with Crippen molar-refractivity contribution >= 4 is 27.7 Å². The summed E-state index contributed by atoms with van der Waals surface area (Å²) in [6, 6.07) is 5.64. The quantitative estimate of drug-likeness (QED) is 0.902. The Bertz CT molecular complexity index is 365. The third kappa shape index (κ3) is 3.70. The van der Waals surface area contributed by atoms with Crippen molar-refractivity contribution in [3.63, 3.8) is 0 Å². The second-order valence-electron chi connectivity index (χ2n) is 4.47. The van der Waals surface area contributed by atoms with Gasteiger partial charge in [0.25, 0.3) is 0 Å². The maximum absolute atomic E-state index is 13.2. The Balaban J connectivity index is 1.93. The van der Waals surface area contributed by atoms with Crippen LogP contribution >= 0.6 is 27.7 Å². The van der Waals surface area contributed by atoms with Crippen LogP contribution in [0.3, 0.4) is 0 Å². The van der Waals surface area contributed by atoms with E-state index in [2.05, 4.69) is 27.5 Å². The molecule has 0 heterocycles. The molecule has 0 aliphatic heterocycles. The molecule has 1 aliphatic rings. The first-order valence-electron chi connectivity index (χ1n) is 5.90. The van der Waals surface area contributed by atoms with Crippen LogP contribution in [0.5, 0.6) is 0 Å². The van der Waals surface area contributed by atoms with Crippen LogP contribution in [0.4, 0.5) is 4.39 Å². The summed E-state index contributed by atoms with van der Waals surface area (Å²) >= 11 is 5.26. The van der Waals surface area contributed by atoms with Gasteiger partial charge in [0.15, 0.2) is 0 Å². The molecule has 1 saturated carbocycles. The molecule has 0 spiro atoms. The zero-order valence-electron chi connectivity index (χ0n) is 9.88. The van der Waals surface area contributed by atoms with E-state index in [9.17, 15) is 4.39 Å². The molecule has 0 aromatic heterocycles. The zero-order chi connectivity index (χ0) is 12.3. The predicted molar refractivity (Wildman–Crippen MR) is 75.9 cm³/mol. The molecule has 2 atom stereocenters. The highest BCUT2D eigenvalue weighted by Crippen LogP contribution is 2.28. The molecule has 1 aromatic carbocycles. The van der Waals surface area contributed by atoms with Crippen LogP contribution in [0.1, 0.15) is 24.8 Å². The summed E-state index contributed by atoms with van der Waals surface area (Å²) in [5, 5.41) is 4.26. The topological polar surface area (TPSA) is 12.0 Å². The minimum absolute atomic E-state index is 0.177. The van der Waals surface area contributed by atoms with Gasteiger partial charge in [-0.05, 0) is 42.9 Å². The van der Waals surface area contributed by atoms with Gasteiger partial charge in [0, 0.05) is 22.3 Å². The van der Waals surface area contributed by atoms with Crippen molar-refractivity contribution in [1.29, 1.82) is 0 Å². The summed E-state index contributed by atoms with van der Waals surface area (Å²) in [6.07, 6.45) is 6.01. The Kier molecular flexibility index (Phi) is 4.88. The monoisotopic (exact) mass is 317 g/mol. The molecule has 0 bridgehead atoms. The van der Waals surface area contributed by atoms with Gasteiger partial charge in [0.05, 0.1) is 0 Å². The van der Waals surface area contributed by atoms with Crippen LogP contribution < -0.4 is 5.32 Å². The molecule has 2 unspecified atom stereocenters. The molecule has 4 heteroatoms. The van der Waals surface area contributed by atoms with E-state index in [1.54, 1.807) is 6.07 Å². The van der Waals surface area contributed by atoms with Crippen molar-refractivity contribution < 1.29 is 4.39 Å². The third-order valence-electron chi connectivity index (χ3n) is 3.25. The van der Waals surface area contributed by atoms with E-state index < -0.39 is 0 Å². The van der Waals surface area contributed by atoms with Crippen LogP contribution in [-0.4, -0.2) is 17.5 Å². The number of hydrogen-bond donors (Lipinski definition) is 1. The maximum Gasteiger partial charge on any atom is 0.124 e. The van der Waals surface area contributed by atoms with Gasteiger partial charge in [-0.3, -0.25) is 0 Å². The molecule has 1 fully saturated rings. The molecule has 0 radical (unpaired) electrons. The number of halogens is 2. The molecular formula is C13H17BrFNS. The normalized spacial score (nSPS) is 24.2. The smallest absolute Gasteiger partial charge is 0.124 e. The number of thioether (sulfide) groups is 1. The highest BCUT2D eigenvalue weighted by atomic mass is 79.9. The van der Waals surface area contributed by atoms with Crippen LogP contribution in [0, 0.1) is 5.82 Å². The van der Waals surface area contributed by atoms with Crippen molar-refractivity contribution in [3.8, 4) is 0 Å². The van der Waals surface area contributed by atoms with Gasteiger partial charge in [0.1, 0.15) is 5.82 Å². The maximum atomic E-state index is 13.2. The van der Waals surface area contributed by atoms with Crippen molar-refractivity contribution in [1.82, 2.24) is 5.32 Å². The first-order chi connectivity index (χ1) is 8.19. The van der Waals surface area contributed by atoms with Gasteiger partial charge >= 0.3 is 0 Å². The minimum atomic E-state index is -0.177. The summed E-state index contributed by atoms with van der Waals surface area (Å²) in [5.74, 6) is -0.177. The number of benzene rings is 1. The van der Waals surface area contributed by atoms with Crippen LogP contribution in [-0.2, 0) is 6.54 Å². The van der Waals surface area contributed by atoms with E-state index in [0.717, 1.165) is 16.6 Å². The zero-order valence-corrected chi connectivity index (χ0v) is 12.3. The van der Waals surface area contributed by atoms with Crippen LogP contribution in [0.25, 0.3) is 0 Å². The Hall–Kier alpha value is -0.0600. The summed E-state index contributed by atoms with van der Waals surface area (Å²) < 4.78 is 14.0. The number of hydrogen-bond acceptors (Lipinski definition) is 2. The van der Waals surface area contributed by atoms with Gasteiger partial charge in [-0.1, -0.05) is 22.4 Å². The SMILES string of the molecule is CSC1CCCC1NCc1cc(F)cc(Br)c1. The van der Waals surface area contributed by atoms with Gasteiger partial charge in [-0.2, -0.15) is 11.8 Å². The fourth-order valence-electron chi connectivity index (χ4n) is 2.40. The van der Waals surface area contributed by atoms with Crippen LogP contribution in [0.2, 0.25) is 0 Å². The molecule has 0 amide bonds. The predicted octanol–water partition coefficient (Wildman–Crippen LogP) is 3.96. The molecule has 94 valence electrons. The Labute approximate surface area is 115 Å². The lowest BCUT2D eigenvalue weighted by atomic mass is 10.2. The van der Waals surface area contributed by atoms with Crippen molar-refractivity contribution in [3.05, 3.63) is 34.1 Å². The summed E-state index contributed by atoms with van der Waals surface area (Å²) in [6.45, 7) is 0.748. The molecule has 1 aliphatic carbocycles. The van der Waals surface area contributed by atoms with E-state index in [1.165, 1.54) is 25.3 Å². The summed E-state index contributed by atoms with van der Waals surface area (Å²) in [4.78, 5) is 0. The highest BCUT2D eigenvalue weighted by molar-refractivity contribution is 9.10. The number of nitrogens with one attached hydrogen (secondary N) is 1. The lowest BCUT2D eigenvalue weighted by molar-refractivity contribution is 0.530. The first-order valence-corrected chi connectivity index (χ1v) is 7.98.